The van der Waals surface area contributed by atoms with E-state index in [1.54, 1.807) is 22.6 Å². The Bertz CT molecular complexity index is 388. The standard InChI is InChI=1S/C7H2BrClF2INO/c8-3-1-2(5(9)14)7(12)13-4(3)6(10)11/h1,6H. The van der Waals surface area contributed by atoms with Crippen molar-refractivity contribution in [3.05, 3.63) is 25.5 Å². The average Bonchev–Trinajstić information content (AvgIpc) is 2.07. The molecule has 7 heteroatoms. The zero-order valence-corrected chi connectivity index (χ0v) is 10.9. The van der Waals surface area contributed by atoms with Crippen molar-refractivity contribution in [3.8, 4) is 0 Å². The Kier molecular flexibility index (Phi) is 4.20. The van der Waals surface area contributed by atoms with Crippen LogP contribution >= 0.6 is 50.1 Å². The molecule has 1 aromatic heterocycles. The number of halogens is 5. The molecule has 0 bridgehead atoms. The molecule has 0 aromatic carbocycles. The maximum Gasteiger partial charge on any atom is 0.281 e. The lowest BCUT2D eigenvalue weighted by Crippen LogP contribution is -2.01. The first kappa shape index (κ1) is 12.3. The van der Waals surface area contributed by atoms with Crippen molar-refractivity contribution in [1.29, 1.82) is 0 Å². The SMILES string of the molecule is O=C(Cl)c1cc(Br)c(C(F)F)nc1I. The van der Waals surface area contributed by atoms with Gasteiger partial charge in [-0.2, -0.15) is 0 Å². The van der Waals surface area contributed by atoms with Crippen LogP contribution in [0.3, 0.4) is 0 Å². The Morgan fingerprint density at radius 3 is 2.64 bits per heavy atom. The van der Waals surface area contributed by atoms with E-state index in [1.807, 2.05) is 0 Å². The molecule has 1 heterocycles. The molecule has 76 valence electrons. The third kappa shape index (κ3) is 2.60. The summed E-state index contributed by atoms with van der Waals surface area (Å²) < 4.78 is 24.9. The van der Waals surface area contributed by atoms with Crippen LogP contribution in [0.1, 0.15) is 22.5 Å². The highest BCUT2D eigenvalue weighted by molar-refractivity contribution is 14.1. The van der Waals surface area contributed by atoms with Gasteiger partial charge < -0.3 is 0 Å². The van der Waals surface area contributed by atoms with Crippen molar-refractivity contribution in [2.45, 2.75) is 6.43 Å². The highest BCUT2D eigenvalue weighted by atomic mass is 127. The van der Waals surface area contributed by atoms with Crippen LogP contribution in [0.15, 0.2) is 10.5 Å². The summed E-state index contributed by atoms with van der Waals surface area (Å²) in [5, 5.41) is -0.719. The van der Waals surface area contributed by atoms with Crippen molar-refractivity contribution < 1.29 is 13.6 Å². The Labute approximate surface area is 105 Å². The highest BCUT2D eigenvalue weighted by Gasteiger charge is 2.18. The molecule has 0 saturated heterocycles. The number of hydrogen-bond acceptors (Lipinski definition) is 2. The summed E-state index contributed by atoms with van der Waals surface area (Å²) in [6.45, 7) is 0. The quantitative estimate of drug-likeness (QED) is 0.433. The minimum Gasteiger partial charge on any atom is -0.276 e. The molecule has 0 amide bonds. The Morgan fingerprint density at radius 1 is 1.64 bits per heavy atom. The van der Waals surface area contributed by atoms with E-state index < -0.39 is 17.4 Å². The molecule has 0 saturated carbocycles. The van der Waals surface area contributed by atoms with Gasteiger partial charge in [-0.1, -0.05) is 0 Å². The summed E-state index contributed by atoms with van der Waals surface area (Å²) in [5.74, 6) is 0. The van der Waals surface area contributed by atoms with Gasteiger partial charge in [-0.15, -0.1) is 0 Å². The zero-order valence-electron chi connectivity index (χ0n) is 6.40. The third-order valence-electron chi connectivity index (χ3n) is 1.38. The monoisotopic (exact) mass is 395 g/mol. The molecule has 0 N–H and O–H groups in total. The molecule has 0 radical (unpaired) electrons. The predicted octanol–water partition coefficient (Wildman–Crippen LogP) is 3.77. The molecule has 14 heavy (non-hydrogen) atoms. The summed E-state index contributed by atoms with van der Waals surface area (Å²) in [5.41, 5.74) is -0.278. The Hall–Kier alpha value is 0.180. The van der Waals surface area contributed by atoms with Gasteiger partial charge in [0.25, 0.3) is 11.7 Å². The number of carbonyl (C=O) groups is 1. The topological polar surface area (TPSA) is 30.0 Å². The van der Waals surface area contributed by atoms with Crippen molar-refractivity contribution >= 4 is 55.4 Å². The summed E-state index contributed by atoms with van der Waals surface area (Å²) in [4.78, 5) is 14.4. The van der Waals surface area contributed by atoms with Crippen molar-refractivity contribution in [2.75, 3.05) is 0 Å². The van der Waals surface area contributed by atoms with Gasteiger partial charge in [0.1, 0.15) is 9.39 Å². The van der Waals surface area contributed by atoms with Gasteiger partial charge in [0.15, 0.2) is 0 Å². The first-order valence-corrected chi connectivity index (χ1v) is 5.52. The molecule has 0 aliphatic carbocycles. The fraction of sp³-hybridized carbons (Fsp3) is 0.143. The molecule has 0 atom stereocenters. The molecule has 0 spiro atoms. The minimum atomic E-state index is -2.68. The first-order valence-electron chi connectivity index (χ1n) is 3.27. The predicted molar refractivity (Wildman–Crippen MR) is 59.8 cm³/mol. The molecular weight excluding hydrogens is 394 g/mol. The van der Waals surface area contributed by atoms with Crippen LogP contribution in [0.4, 0.5) is 8.78 Å². The van der Waals surface area contributed by atoms with E-state index in [2.05, 4.69) is 20.9 Å². The molecule has 0 aliphatic rings. The summed E-state index contributed by atoms with van der Waals surface area (Å²) in [6, 6.07) is 1.24. The zero-order chi connectivity index (χ0) is 10.9. The third-order valence-corrected chi connectivity index (χ3v) is 3.04. The molecule has 0 unspecified atom stereocenters. The van der Waals surface area contributed by atoms with Crippen LogP contribution in [0.2, 0.25) is 0 Å². The highest BCUT2D eigenvalue weighted by Crippen LogP contribution is 2.28. The van der Waals surface area contributed by atoms with E-state index in [1.165, 1.54) is 6.07 Å². The van der Waals surface area contributed by atoms with Gasteiger partial charge >= 0.3 is 0 Å². The van der Waals surface area contributed by atoms with E-state index in [4.69, 9.17) is 11.6 Å². The van der Waals surface area contributed by atoms with Gasteiger partial charge in [0, 0.05) is 4.47 Å². The van der Waals surface area contributed by atoms with E-state index in [9.17, 15) is 13.6 Å². The summed E-state index contributed by atoms with van der Waals surface area (Å²) in [6.07, 6.45) is -2.68. The summed E-state index contributed by atoms with van der Waals surface area (Å²) >= 11 is 9.79. The Balaban J connectivity index is 3.31. The summed E-state index contributed by atoms with van der Waals surface area (Å²) in [7, 11) is 0. The lowest BCUT2D eigenvalue weighted by molar-refractivity contribution is 0.107. The number of rotatable bonds is 2. The van der Waals surface area contributed by atoms with Crippen LogP contribution < -0.4 is 0 Å². The van der Waals surface area contributed by atoms with E-state index >= 15 is 0 Å². The lowest BCUT2D eigenvalue weighted by Gasteiger charge is -2.05. The maximum atomic E-state index is 12.3. The largest absolute Gasteiger partial charge is 0.281 e. The Morgan fingerprint density at radius 2 is 2.21 bits per heavy atom. The van der Waals surface area contributed by atoms with Crippen molar-refractivity contribution in [1.82, 2.24) is 4.98 Å². The van der Waals surface area contributed by atoms with Gasteiger partial charge in [0.2, 0.25) is 0 Å². The molecular formula is C7H2BrClF2INO. The number of alkyl halides is 2. The minimum absolute atomic E-state index is 0.0805. The van der Waals surface area contributed by atoms with Gasteiger partial charge in [-0.25, -0.2) is 13.8 Å². The molecule has 1 aromatic rings. The molecule has 2 nitrogen and oxygen atoms in total. The first-order chi connectivity index (χ1) is 6.43. The van der Waals surface area contributed by atoms with Gasteiger partial charge in [0.05, 0.1) is 5.56 Å². The van der Waals surface area contributed by atoms with Crippen molar-refractivity contribution in [2.24, 2.45) is 0 Å². The van der Waals surface area contributed by atoms with Crippen LogP contribution in [-0.2, 0) is 0 Å². The molecule has 1 rings (SSSR count). The fourth-order valence-electron chi connectivity index (χ4n) is 0.770. The van der Waals surface area contributed by atoms with Crippen LogP contribution in [-0.4, -0.2) is 10.2 Å². The number of pyridine rings is 1. The van der Waals surface area contributed by atoms with Gasteiger partial charge in [-0.05, 0) is 56.2 Å². The smallest absolute Gasteiger partial charge is 0.276 e. The van der Waals surface area contributed by atoms with Crippen LogP contribution in [0.5, 0.6) is 0 Å². The number of aromatic nitrogens is 1. The van der Waals surface area contributed by atoms with E-state index in [0.717, 1.165) is 0 Å². The second kappa shape index (κ2) is 4.80. The fourth-order valence-corrected chi connectivity index (χ4v) is 2.23. The van der Waals surface area contributed by atoms with Crippen molar-refractivity contribution in [3.63, 3.8) is 0 Å². The average molecular weight is 396 g/mol. The number of carbonyl (C=O) groups excluding carboxylic acids is 1. The van der Waals surface area contributed by atoms with E-state index in [0.29, 0.717) is 0 Å². The molecule has 0 fully saturated rings. The number of hydrogen-bond donors (Lipinski definition) is 0. The maximum absolute atomic E-state index is 12.3. The normalized spacial score (nSPS) is 10.7. The second-order valence-electron chi connectivity index (χ2n) is 2.27. The van der Waals surface area contributed by atoms with E-state index in [-0.39, 0.29) is 13.7 Å². The second-order valence-corrected chi connectivity index (χ2v) is 4.49. The number of nitrogens with zero attached hydrogens (tertiary/aromatic N) is 1. The van der Waals surface area contributed by atoms with Crippen LogP contribution in [0, 0.1) is 3.70 Å². The lowest BCUT2D eigenvalue weighted by atomic mass is 10.3. The van der Waals surface area contributed by atoms with Crippen LogP contribution in [0.25, 0.3) is 0 Å². The van der Waals surface area contributed by atoms with Gasteiger partial charge in [-0.3, -0.25) is 4.79 Å². The molecule has 0 aliphatic heterocycles.